The Bertz CT molecular complexity index is 468. The predicted molar refractivity (Wildman–Crippen MR) is 94.4 cm³/mol. The normalized spacial score (nSPS) is 23.2. The van der Waals surface area contributed by atoms with Crippen LogP contribution in [0.15, 0.2) is 4.47 Å². The van der Waals surface area contributed by atoms with E-state index in [1.165, 1.54) is 11.5 Å². The summed E-state index contributed by atoms with van der Waals surface area (Å²) in [6, 6.07) is 0. The Hall–Kier alpha value is 0.0600. The van der Waals surface area contributed by atoms with Gasteiger partial charge in [0, 0.05) is 16.8 Å². The van der Waals surface area contributed by atoms with Crippen LogP contribution in [-0.2, 0) is 6.42 Å². The van der Waals surface area contributed by atoms with Crippen LogP contribution in [0.3, 0.4) is 0 Å². The second kappa shape index (κ2) is 7.36. The van der Waals surface area contributed by atoms with Crippen molar-refractivity contribution in [3.63, 3.8) is 0 Å². The molecule has 1 saturated heterocycles. The lowest BCUT2D eigenvalue weighted by Gasteiger charge is -2.29. The van der Waals surface area contributed by atoms with Gasteiger partial charge in [-0.3, -0.25) is 0 Å². The van der Waals surface area contributed by atoms with Crippen molar-refractivity contribution in [2.75, 3.05) is 17.2 Å². The first-order chi connectivity index (χ1) is 9.52. The highest BCUT2D eigenvalue weighted by molar-refractivity contribution is 9.10. The van der Waals surface area contributed by atoms with Crippen LogP contribution in [0.5, 0.6) is 0 Å². The molecule has 6 heteroatoms. The van der Waals surface area contributed by atoms with Gasteiger partial charge in [-0.05, 0) is 34.7 Å². The molecule has 2 atom stereocenters. The van der Waals surface area contributed by atoms with Gasteiger partial charge in [0.2, 0.25) is 0 Å². The van der Waals surface area contributed by atoms with Gasteiger partial charge in [0.05, 0.1) is 15.4 Å². The van der Waals surface area contributed by atoms with Gasteiger partial charge in [0.25, 0.3) is 0 Å². The molecule has 1 fully saturated rings. The van der Waals surface area contributed by atoms with Crippen molar-refractivity contribution in [1.29, 1.82) is 0 Å². The van der Waals surface area contributed by atoms with Crippen molar-refractivity contribution >= 4 is 45.3 Å². The Kier molecular flexibility index (Phi) is 6.05. The van der Waals surface area contributed by atoms with Crippen LogP contribution < -0.4 is 5.73 Å². The van der Waals surface area contributed by atoms with Crippen LogP contribution in [0, 0.1) is 5.92 Å². The molecule has 0 aliphatic carbocycles. The van der Waals surface area contributed by atoms with Crippen LogP contribution in [0.2, 0.25) is 0 Å². The smallest absolute Gasteiger partial charge is 0.145 e. The molecular formula is C14H22BrN3S2. The van der Waals surface area contributed by atoms with Crippen LogP contribution >= 0.6 is 39.5 Å². The maximum Gasteiger partial charge on any atom is 0.145 e. The van der Waals surface area contributed by atoms with E-state index in [0.29, 0.717) is 22.2 Å². The summed E-state index contributed by atoms with van der Waals surface area (Å²) < 4.78 is 0.872. The number of halogens is 1. The Morgan fingerprint density at radius 3 is 2.65 bits per heavy atom. The molecule has 1 aliphatic heterocycles. The molecule has 0 spiro atoms. The molecule has 0 amide bonds. The number of anilines is 1. The van der Waals surface area contributed by atoms with E-state index < -0.39 is 0 Å². The summed E-state index contributed by atoms with van der Waals surface area (Å²) in [5.74, 6) is 4.46. The second-order valence-electron chi connectivity index (χ2n) is 5.43. The molecule has 2 rings (SSSR count). The third kappa shape index (κ3) is 3.83. The number of hydrogen-bond donors (Lipinski definition) is 1. The fraction of sp³-hybridized carbons (Fsp3) is 0.714. The largest absolute Gasteiger partial charge is 0.383 e. The molecule has 2 heterocycles. The summed E-state index contributed by atoms with van der Waals surface area (Å²) in [6.07, 6.45) is 2.09. The molecular weight excluding hydrogens is 354 g/mol. The van der Waals surface area contributed by atoms with Crippen molar-refractivity contribution in [3.8, 4) is 0 Å². The highest BCUT2D eigenvalue weighted by Crippen LogP contribution is 2.43. The van der Waals surface area contributed by atoms with E-state index in [1.54, 1.807) is 0 Å². The predicted octanol–water partition coefficient (Wildman–Crippen LogP) is 4.32. The topological polar surface area (TPSA) is 51.8 Å². The number of nitrogen functional groups attached to an aromatic ring is 1. The third-order valence-electron chi connectivity index (χ3n) is 3.27. The van der Waals surface area contributed by atoms with E-state index in [4.69, 9.17) is 10.7 Å². The van der Waals surface area contributed by atoms with Gasteiger partial charge in [0.15, 0.2) is 0 Å². The number of nitrogens with two attached hydrogens (primary N) is 1. The van der Waals surface area contributed by atoms with Crippen LogP contribution in [0.4, 0.5) is 5.82 Å². The van der Waals surface area contributed by atoms with Crippen molar-refractivity contribution in [2.24, 2.45) is 5.92 Å². The first kappa shape index (κ1) is 16.4. The zero-order valence-electron chi connectivity index (χ0n) is 12.2. The van der Waals surface area contributed by atoms with E-state index >= 15 is 0 Å². The first-order valence-corrected chi connectivity index (χ1v) is 9.97. The average molecular weight is 376 g/mol. The molecule has 2 unspecified atom stereocenters. The zero-order chi connectivity index (χ0) is 14.7. The van der Waals surface area contributed by atoms with Gasteiger partial charge < -0.3 is 5.73 Å². The Morgan fingerprint density at radius 1 is 1.30 bits per heavy atom. The van der Waals surface area contributed by atoms with Crippen molar-refractivity contribution < 1.29 is 0 Å². The number of hydrogen-bond acceptors (Lipinski definition) is 5. The highest BCUT2D eigenvalue weighted by atomic mass is 79.9. The third-order valence-corrected chi connectivity index (χ3v) is 7.38. The van der Waals surface area contributed by atoms with Crippen LogP contribution in [0.25, 0.3) is 0 Å². The van der Waals surface area contributed by atoms with E-state index in [9.17, 15) is 0 Å². The van der Waals surface area contributed by atoms with E-state index in [0.717, 1.165) is 28.8 Å². The average Bonchev–Trinajstić information content (AvgIpc) is 2.43. The fourth-order valence-corrected chi connectivity index (χ4v) is 5.65. The zero-order valence-corrected chi connectivity index (χ0v) is 15.4. The lowest BCUT2D eigenvalue weighted by atomic mass is 10.1. The molecule has 1 aliphatic rings. The Labute approximate surface area is 138 Å². The monoisotopic (exact) mass is 375 g/mol. The molecule has 112 valence electrons. The highest BCUT2D eigenvalue weighted by Gasteiger charge is 2.29. The lowest BCUT2D eigenvalue weighted by Crippen LogP contribution is -2.21. The summed E-state index contributed by atoms with van der Waals surface area (Å²) >= 11 is 7.55. The molecule has 20 heavy (non-hydrogen) atoms. The molecule has 0 bridgehead atoms. The quantitative estimate of drug-likeness (QED) is 0.848. The fourth-order valence-electron chi connectivity index (χ4n) is 2.32. The van der Waals surface area contributed by atoms with Crippen molar-refractivity contribution in [3.05, 3.63) is 16.0 Å². The van der Waals surface area contributed by atoms with Gasteiger partial charge in [-0.15, -0.1) is 11.8 Å². The van der Waals surface area contributed by atoms with E-state index in [1.807, 2.05) is 23.5 Å². The van der Waals surface area contributed by atoms with E-state index in [2.05, 4.69) is 41.7 Å². The van der Waals surface area contributed by atoms with Gasteiger partial charge >= 0.3 is 0 Å². The second-order valence-corrected chi connectivity index (χ2v) is 8.82. The lowest BCUT2D eigenvalue weighted by molar-refractivity contribution is 0.625. The molecule has 0 aromatic carbocycles. The minimum atomic E-state index is 0.375. The van der Waals surface area contributed by atoms with Crippen LogP contribution in [0.1, 0.15) is 44.0 Å². The van der Waals surface area contributed by atoms with Gasteiger partial charge in [0.1, 0.15) is 11.6 Å². The summed E-state index contributed by atoms with van der Waals surface area (Å²) in [6.45, 7) is 6.64. The molecule has 0 radical (unpaired) electrons. The van der Waals surface area contributed by atoms with Gasteiger partial charge in [-0.25, -0.2) is 9.97 Å². The maximum absolute atomic E-state index is 6.08. The summed E-state index contributed by atoms with van der Waals surface area (Å²) in [7, 11) is 0. The van der Waals surface area contributed by atoms with Gasteiger partial charge in [-0.1, -0.05) is 20.8 Å². The Morgan fingerprint density at radius 2 is 2.00 bits per heavy atom. The van der Waals surface area contributed by atoms with Crippen LogP contribution in [-0.4, -0.2) is 26.7 Å². The number of aromatic nitrogens is 2. The van der Waals surface area contributed by atoms with Crippen molar-refractivity contribution in [2.45, 2.75) is 44.1 Å². The van der Waals surface area contributed by atoms with Crippen molar-refractivity contribution in [1.82, 2.24) is 9.97 Å². The van der Waals surface area contributed by atoms with Gasteiger partial charge in [-0.2, -0.15) is 11.8 Å². The number of nitrogens with zero attached hydrogens (tertiary/aromatic N) is 2. The standard InChI is InChI=1S/C14H22BrN3S2/c1-4-10-12(20-6-5-19-10)14-17-9(7-8(2)3)11(15)13(16)18-14/h8,10,12H,4-7H2,1-3H3,(H2,16,17,18). The first-order valence-electron chi connectivity index (χ1n) is 7.07. The summed E-state index contributed by atoms with van der Waals surface area (Å²) in [5.41, 5.74) is 7.13. The molecule has 1 aromatic rings. The molecule has 2 N–H and O–H groups in total. The Balaban J connectivity index is 2.33. The minimum absolute atomic E-state index is 0.375. The SMILES string of the molecule is CCC1SCCSC1c1nc(N)c(Br)c(CC(C)C)n1. The maximum atomic E-state index is 6.08. The minimum Gasteiger partial charge on any atom is -0.383 e. The number of thioether (sulfide) groups is 2. The number of rotatable bonds is 4. The summed E-state index contributed by atoms with van der Waals surface area (Å²) in [5, 5.41) is 0.973. The van der Waals surface area contributed by atoms with E-state index in [-0.39, 0.29) is 0 Å². The molecule has 1 aromatic heterocycles. The molecule has 0 saturated carbocycles. The summed E-state index contributed by atoms with van der Waals surface area (Å²) in [4.78, 5) is 9.37. The molecule has 3 nitrogen and oxygen atoms in total.